The summed E-state index contributed by atoms with van der Waals surface area (Å²) in [4.78, 5) is 17.0. The topological polar surface area (TPSA) is 89.2 Å². The summed E-state index contributed by atoms with van der Waals surface area (Å²) in [6.07, 6.45) is 0. The molecule has 136 valence electrons. The fraction of sp³-hybridized carbons (Fsp3) is 0.250. The van der Waals surface area contributed by atoms with Gasteiger partial charge in [-0.25, -0.2) is 4.98 Å². The molecular weight excluding hydrogens is 344 g/mol. The maximum Gasteiger partial charge on any atom is 0.251 e. The predicted molar refractivity (Wildman–Crippen MR) is 98.5 cm³/mol. The Hall–Kier alpha value is -3.37. The van der Waals surface area contributed by atoms with Crippen LogP contribution in [0.2, 0.25) is 0 Å². The Morgan fingerprint density at radius 1 is 1.37 bits per heavy atom. The molecule has 0 saturated heterocycles. The summed E-state index contributed by atoms with van der Waals surface area (Å²) in [5.41, 5.74) is 2.88. The zero-order valence-electron chi connectivity index (χ0n) is 14.8. The molecule has 0 spiro atoms. The first-order valence-corrected chi connectivity index (χ1v) is 8.60. The number of rotatable bonds is 4. The highest BCUT2D eigenvalue weighted by Crippen LogP contribution is 2.28. The van der Waals surface area contributed by atoms with Gasteiger partial charge in [0.2, 0.25) is 0 Å². The van der Waals surface area contributed by atoms with Gasteiger partial charge in [0.05, 0.1) is 42.4 Å². The number of imidazole rings is 1. The van der Waals surface area contributed by atoms with Crippen LogP contribution in [0.15, 0.2) is 42.5 Å². The highest BCUT2D eigenvalue weighted by atomic mass is 16.5. The van der Waals surface area contributed by atoms with E-state index in [0.29, 0.717) is 30.9 Å². The first-order valence-electron chi connectivity index (χ1n) is 8.60. The van der Waals surface area contributed by atoms with Crippen LogP contribution in [0.25, 0.3) is 11.0 Å². The lowest BCUT2D eigenvalue weighted by molar-refractivity contribution is 0.0553. The second kappa shape index (κ2) is 7.09. The maximum absolute atomic E-state index is 12.4. The second-order valence-electron chi connectivity index (χ2n) is 6.32. The molecule has 1 aliphatic heterocycles. The standard InChI is InChI=1S/C20H18N4O3/c1-26-16-6-7-17-18(8-16)24-15(11-27-12-19(24)23-17)10-22-20(25)14-4-2-13(9-21)3-5-14/h2-8,15H,10-12H2,1H3,(H,22,25). The number of nitrogens with zero attached hydrogens (tertiary/aromatic N) is 3. The van der Waals surface area contributed by atoms with Gasteiger partial charge in [0.15, 0.2) is 0 Å². The first kappa shape index (κ1) is 17.1. The number of carbonyl (C=O) groups is 1. The van der Waals surface area contributed by atoms with Crippen molar-refractivity contribution in [1.82, 2.24) is 14.9 Å². The van der Waals surface area contributed by atoms with E-state index in [1.165, 1.54) is 0 Å². The molecule has 0 radical (unpaired) electrons. The SMILES string of the molecule is COc1ccc2nc3n(c2c1)C(CNC(=O)c1ccc(C#N)cc1)COC3. The number of fused-ring (bicyclic) bond motifs is 3. The number of benzene rings is 2. The summed E-state index contributed by atoms with van der Waals surface area (Å²) < 4.78 is 13.1. The molecule has 1 N–H and O–H groups in total. The van der Waals surface area contributed by atoms with E-state index in [4.69, 9.17) is 14.7 Å². The zero-order chi connectivity index (χ0) is 18.8. The third kappa shape index (κ3) is 3.23. The summed E-state index contributed by atoms with van der Waals surface area (Å²) >= 11 is 0. The van der Waals surface area contributed by atoms with Gasteiger partial charge >= 0.3 is 0 Å². The molecule has 2 aromatic carbocycles. The number of nitriles is 1. The lowest BCUT2D eigenvalue weighted by Crippen LogP contribution is -2.35. The normalized spacial score (nSPS) is 15.8. The van der Waals surface area contributed by atoms with Gasteiger partial charge in [-0.2, -0.15) is 5.26 Å². The van der Waals surface area contributed by atoms with Crippen molar-refractivity contribution >= 4 is 16.9 Å². The van der Waals surface area contributed by atoms with E-state index in [1.54, 1.807) is 31.4 Å². The Labute approximate surface area is 156 Å². The molecular formula is C20H18N4O3. The molecule has 2 heterocycles. The maximum atomic E-state index is 12.4. The molecule has 27 heavy (non-hydrogen) atoms. The number of amides is 1. The van der Waals surface area contributed by atoms with Gasteiger partial charge in [-0.05, 0) is 36.4 Å². The van der Waals surface area contributed by atoms with Crippen LogP contribution in [0.1, 0.15) is 27.8 Å². The number of nitrogens with one attached hydrogen (secondary N) is 1. The number of ether oxygens (including phenoxy) is 2. The smallest absolute Gasteiger partial charge is 0.251 e. The number of carbonyl (C=O) groups excluding carboxylic acids is 1. The van der Waals surface area contributed by atoms with E-state index in [1.807, 2.05) is 24.3 Å². The summed E-state index contributed by atoms with van der Waals surface area (Å²) in [6, 6.07) is 14.3. The third-order valence-electron chi connectivity index (χ3n) is 4.65. The van der Waals surface area contributed by atoms with Crippen LogP contribution in [-0.4, -0.2) is 35.7 Å². The van der Waals surface area contributed by atoms with Gasteiger partial charge in [-0.15, -0.1) is 0 Å². The number of aromatic nitrogens is 2. The van der Waals surface area contributed by atoms with E-state index in [9.17, 15) is 4.79 Å². The van der Waals surface area contributed by atoms with E-state index >= 15 is 0 Å². The fourth-order valence-electron chi connectivity index (χ4n) is 3.28. The number of hydrogen-bond acceptors (Lipinski definition) is 5. The van der Waals surface area contributed by atoms with E-state index in [-0.39, 0.29) is 11.9 Å². The monoisotopic (exact) mass is 362 g/mol. The van der Waals surface area contributed by atoms with Gasteiger partial charge in [0.25, 0.3) is 5.91 Å². The van der Waals surface area contributed by atoms with Crippen LogP contribution in [0, 0.1) is 11.3 Å². The summed E-state index contributed by atoms with van der Waals surface area (Å²) in [7, 11) is 1.63. The van der Waals surface area contributed by atoms with Crippen molar-refractivity contribution in [3.05, 3.63) is 59.4 Å². The summed E-state index contributed by atoms with van der Waals surface area (Å²) in [5.74, 6) is 1.41. The van der Waals surface area contributed by atoms with Crippen molar-refractivity contribution in [1.29, 1.82) is 5.26 Å². The molecule has 1 aliphatic rings. The van der Waals surface area contributed by atoms with E-state index < -0.39 is 0 Å². The van der Waals surface area contributed by atoms with Gasteiger partial charge in [0, 0.05) is 18.2 Å². The lowest BCUT2D eigenvalue weighted by atomic mass is 10.1. The zero-order valence-corrected chi connectivity index (χ0v) is 14.8. The molecule has 0 aliphatic carbocycles. The molecule has 4 rings (SSSR count). The predicted octanol–water partition coefficient (Wildman–Crippen LogP) is 2.42. The minimum absolute atomic E-state index is 0.0619. The Bertz CT molecular complexity index is 1030. The summed E-state index contributed by atoms with van der Waals surface area (Å²) in [5, 5.41) is 11.8. The number of hydrogen-bond donors (Lipinski definition) is 1. The lowest BCUT2D eigenvalue weighted by Gasteiger charge is -2.26. The average molecular weight is 362 g/mol. The van der Waals surface area contributed by atoms with Crippen LogP contribution in [-0.2, 0) is 11.3 Å². The van der Waals surface area contributed by atoms with Gasteiger partial charge in [0.1, 0.15) is 18.2 Å². The highest BCUT2D eigenvalue weighted by Gasteiger charge is 2.25. The van der Waals surface area contributed by atoms with Crippen LogP contribution >= 0.6 is 0 Å². The van der Waals surface area contributed by atoms with Gasteiger partial charge in [-0.1, -0.05) is 0 Å². The Kier molecular flexibility index (Phi) is 4.48. The van der Waals surface area contributed by atoms with Crippen molar-refractivity contribution in [3.63, 3.8) is 0 Å². The molecule has 7 nitrogen and oxygen atoms in total. The third-order valence-corrected chi connectivity index (χ3v) is 4.65. The van der Waals surface area contributed by atoms with Crippen LogP contribution in [0.3, 0.4) is 0 Å². The van der Waals surface area contributed by atoms with Crippen LogP contribution in [0.5, 0.6) is 5.75 Å². The van der Waals surface area contributed by atoms with Crippen LogP contribution in [0.4, 0.5) is 0 Å². The van der Waals surface area contributed by atoms with Crippen LogP contribution < -0.4 is 10.1 Å². The van der Waals surface area contributed by atoms with Crippen molar-refractivity contribution in [2.24, 2.45) is 0 Å². The average Bonchev–Trinajstić information content (AvgIpc) is 3.10. The minimum Gasteiger partial charge on any atom is -0.497 e. The largest absolute Gasteiger partial charge is 0.497 e. The fourth-order valence-corrected chi connectivity index (χ4v) is 3.28. The Balaban J connectivity index is 1.55. The molecule has 1 aromatic heterocycles. The van der Waals surface area contributed by atoms with Crippen molar-refractivity contribution in [3.8, 4) is 11.8 Å². The van der Waals surface area contributed by atoms with E-state index in [2.05, 4.69) is 14.9 Å². The molecule has 3 aromatic rings. The molecule has 0 fully saturated rings. The van der Waals surface area contributed by atoms with E-state index in [0.717, 1.165) is 22.6 Å². The Morgan fingerprint density at radius 3 is 2.93 bits per heavy atom. The van der Waals surface area contributed by atoms with Crippen molar-refractivity contribution < 1.29 is 14.3 Å². The Morgan fingerprint density at radius 2 is 2.19 bits per heavy atom. The molecule has 7 heteroatoms. The molecule has 1 atom stereocenters. The van der Waals surface area contributed by atoms with Crippen molar-refractivity contribution in [2.45, 2.75) is 12.6 Å². The molecule has 0 bridgehead atoms. The molecule has 1 amide bonds. The second-order valence-corrected chi connectivity index (χ2v) is 6.32. The first-order chi connectivity index (χ1) is 13.2. The highest BCUT2D eigenvalue weighted by molar-refractivity contribution is 5.94. The van der Waals surface area contributed by atoms with Crippen molar-refractivity contribution in [2.75, 3.05) is 20.3 Å². The summed E-state index contributed by atoms with van der Waals surface area (Å²) in [6.45, 7) is 1.34. The molecule has 1 unspecified atom stereocenters. The minimum atomic E-state index is -0.186. The quantitative estimate of drug-likeness (QED) is 0.770. The molecule has 0 saturated carbocycles. The number of methoxy groups -OCH3 is 1. The van der Waals surface area contributed by atoms with Gasteiger partial charge in [-0.3, -0.25) is 4.79 Å². The van der Waals surface area contributed by atoms with Gasteiger partial charge < -0.3 is 19.4 Å².